The summed E-state index contributed by atoms with van der Waals surface area (Å²) in [5, 5.41) is 0. The van der Waals surface area contributed by atoms with Gasteiger partial charge in [0, 0.05) is 19.0 Å². The summed E-state index contributed by atoms with van der Waals surface area (Å²) < 4.78 is 4.70. The highest BCUT2D eigenvalue weighted by atomic mass is 16.5. The Hall–Kier alpha value is -1.06. The number of carbonyl (C=O) groups excluding carboxylic acids is 2. The van der Waals surface area contributed by atoms with Gasteiger partial charge in [0.05, 0.1) is 13.5 Å². The molecule has 1 saturated heterocycles. The average molecular weight is 255 g/mol. The molecule has 1 fully saturated rings. The fraction of sp³-hybridized carbons (Fsp3) is 0.857. The van der Waals surface area contributed by atoms with Gasteiger partial charge >= 0.3 is 5.97 Å². The SMILES string of the molecule is COC(=O)CC1CCCCN1C(=O)CCC(C)C. The van der Waals surface area contributed by atoms with Gasteiger partial charge < -0.3 is 9.64 Å². The lowest BCUT2D eigenvalue weighted by Crippen LogP contribution is -2.44. The first kappa shape index (κ1) is 15.0. The summed E-state index contributed by atoms with van der Waals surface area (Å²) in [6, 6.07) is 0.0471. The van der Waals surface area contributed by atoms with Crippen molar-refractivity contribution in [3.63, 3.8) is 0 Å². The Kier molecular flexibility index (Phi) is 6.16. The largest absolute Gasteiger partial charge is 0.469 e. The molecule has 1 atom stereocenters. The van der Waals surface area contributed by atoms with Crippen molar-refractivity contribution < 1.29 is 14.3 Å². The molecule has 1 unspecified atom stereocenters. The summed E-state index contributed by atoms with van der Waals surface area (Å²) in [7, 11) is 1.40. The second-order valence-electron chi connectivity index (χ2n) is 5.45. The molecule has 104 valence electrons. The van der Waals surface area contributed by atoms with Gasteiger partial charge in [0.25, 0.3) is 0 Å². The van der Waals surface area contributed by atoms with Crippen molar-refractivity contribution in [3.05, 3.63) is 0 Å². The second-order valence-corrected chi connectivity index (χ2v) is 5.45. The molecule has 0 aromatic carbocycles. The Bertz CT molecular complexity index is 289. The first-order chi connectivity index (χ1) is 8.54. The molecule has 0 bridgehead atoms. The molecule has 0 radical (unpaired) electrons. The van der Waals surface area contributed by atoms with Crippen LogP contribution in [0, 0.1) is 5.92 Å². The number of esters is 1. The molecule has 1 amide bonds. The third-order valence-electron chi connectivity index (χ3n) is 3.51. The third-order valence-corrected chi connectivity index (χ3v) is 3.51. The van der Waals surface area contributed by atoms with Crippen LogP contribution < -0.4 is 0 Å². The maximum absolute atomic E-state index is 12.2. The number of hydrogen-bond donors (Lipinski definition) is 0. The lowest BCUT2D eigenvalue weighted by molar-refractivity contribution is -0.144. The van der Waals surface area contributed by atoms with E-state index in [1.807, 2.05) is 4.90 Å². The van der Waals surface area contributed by atoms with Gasteiger partial charge in [-0.3, -0.25) is 9.59 Å². The van der Waals surface area contributed by atoms with Crippen LogP contribution in [0.4, 0.5) is 0 Å². The summed E-state index contributed by atoms with van der Waals surface area (Å²) in [5.74, 6) is 0.513. The number of carbonyl (C=O) groups is 2. The summed E-state index contributed by atoms with van der Waals surface area (Å²) in [6.45, 7) is 5.03. The third kappa shape index (κ3) is 4.67. The Balaban J connectivity index is 2.52. The number of hydrogen-bond acceptors (Lipinski definition) is 3. The minimum Gasteiger partial charge on any atom is -0.469 e. The average Bonchev–Trinajstić information content (AvgIpc) is 2.36. The fourth-order valence-electron chi connectivity index (χ4n) is 2.37. The molecule has 0 saturated carbocycles. The first-order valence-corrected chi connectivity index (χ1v) is 6.91. The van der Waals surface area contributed by atoms with Gasteiger partial charge in [-0.15, -0.1) is 0 Å². The molecule has 1 aliphatic heterocycles. The van der Waals surface area contributed by atoms with Crippen LogP contribution >= 0.6 is 0 Å². The minimum absolute atomic E-state index is 0.0471. The highest BCUT2D eigenvalue weighted by Crippen LogP contribution is 2.21. The molecule has 1 aliphatic rings. The van der Waals surface area contributed by atoms with Crippen LogP contribution in [0.15, 0.2) is 0 Å². The smallest absolute Gasteiger partial charge is 0.307 e. The maximum Gasteiger partial charge on any atom is 0.307 e. The molecule has 1 rings (SSSR count). The Morgan fingerprint density at radius 2 is 2.06 bits per heavy atom. The number of piperidine rings is 1. The molecule has 0 aliphatic carbocycles. The van der Waals surface area contributed by atoms with E-state index in [4.69, 9.17) is 4.74 Å². The zero-order valence-corrected chi connectivity index (χ0v) is 11.8. The van der Waals surface area contributed by atoms with Crippen LogP contribution in [0.25, 0.3) is 0 Å². The predicted molar refractivity (Wildman–Crippen MR) is 70.1 cm³/mol. The van der Waals surface area contributed by atoms with E-state index in [0.29, 0.717) is 18.8 Å². The van der Waals surface area contributed by atoms with E-state index in [9.17, 15) is 9.59 Å². The maximum atomic E-state index is 12.2. The molecule has 4 heteroatoms. The minimum atomic E-state index is -0.219. The quantitative estimate of drug-likeness (QED) is 0.708. The molecule has 0 N–H and O–H groups in total. The van der Waals surface area contributed by atoms with Crippen molar-refractivity contribution >= 4 is 11.9 Å². The molecule has 0 aromatic rings. The Morgan fingerprint density at radius 3 is 2.67 bits per heavy atom. The van der Waals surface area contributed by atoms with Gasteiger partial charge in [0.2, 0.25) is 5.91 Å². The summed E-state index contributed by atoms with van der Waals surface area (Å²) >= 11 is 0. The molecule has 0 aromatic heterocycles. The van der Waals surface area contributed by atoms with Gasteiger partial charge in [0.1, 0.15) is 0 Å². The lowest BCUT2D eigenvalue weighted by atomic mass is 9.98. The zero-order valence-electron chi connectivity index (χ0n) is 11.8. The lowest BCUT2D eigenvalue weighted by Gasteiger charge is -2.35. The van der Waals surface area contributed by atoms with Gasteiger partial charge in [0.15, 0.2) is 0 Å². The van der Waals surface area contributed by atoms with Gasteiger partial charge in [-0.05, 0) is 31.6 Å². The van der Waals surface area contributed by atoms with E-state index in [0.717, 1.165) is 32.2 Å². The standard InChI is InChI=1S/C14H25NO3/c1-11(2)7-8-13(16)15-9-5-4-6-12(15)10-14(17)18-3/h11-12H,4-10H2,1-3H3. The number of likely N-dealkylation sites (tertiary alicyclic amines) is 1. The molecule has 4 nitrogen and oxygen atoms in total. The molecule has 0 spiro atoms. The van der Waals surface area contributed by atoms with Crippen molar-refractivity contribution in [3.8, 4) is 0 Å². The summed E-state index contributed by atoms with van der Waals surface area (Å²) in [5.41, 5.74) is 0. The highest BCUT2D eigenvalue weighted by Gasteiger charge is 2.28. The number of nitrogens with zero attached hydrogens (tertiary/aromatic N) is 1. The van der Waals surface area contributed by atoms with E-state index in [-0.39, 0.29) is 17.9 Å². The molecule has 18 heavy (non-hydrogen) atoms. The number of amides is 1. The number of methoxy groups -OCH3 is 1. The van der Waals surface area contributed by atoms with Crippen LogP contribution in [-0.4, -0.2) is 36.5 Å². The predicted octanol–water partition coefficient (Wildman–Crippen LogP) is 2.37. The van der Waals surface area contributed by atoms with Gasteiger partial charge in [-0.1, -0.05) is 13.8 Å². The Morgan fingerprint density at radius 1 is 1.33 bits per heavy atom. The van der Waals surface area contributed by atoms with Crippen molar-refractivity contribution in [2.45, 2.75) is 58.4 Å². The molecular weight excluding hydrogens is 230 g/mol. The van der Waals surface area contributed by atoms with Crippen LogP contribution in [0.5, 0.6) is 0 Å². The van der Waals surface area contributed by atoms with E-state index in [1.165, 1.54) is 7.11 Å². The highest BCUT2D eigenvalue weighted by molar-refractivity contribution is 5.78. The number of rotatable bonds is 5. The summed E-state index contributed by atoms with van der Waals surface area (Å²) in [6.07, 6.45) is 4.91. The van der Waals surface area contributed by atoms with E-state index in [1.54, 1.807) is 0 Å². The first-order valence-electron chi connectivity index (χ1n) is 6.91. The zero-order chi connectivity index (χ0) is 13.5. The molecular formula is C14H25NO3. The van der Waals surface area contributed by atoms with Crippen LogP contribution in [-0.2, 0) is 14.3 Å². The number of ether oxygens (including phenoxy) is 1. The second kappa shape index (κ2) is 7.39. The Labute approximate surface area is 110 Å². The monoisotopic (exact) mass is 255 g/mol. The van der Waals surface area contributed by atoms with Gasteiger partial charge in [-0.25, -0.2) is 0 Å². The topological polar surface area (TPSA) is 46.6 Å². The van der Waals surface area contributed by atoms with E-state index >= 15 is 0 Å². The normalized spacial score (nSPS) is 20.0. The summed E-state index contributed by atoms with van der Waals surface area (Å²) in [4.78, 5) is 25.4. The van der Waals surface area contributed by atoms with E-state index in [2.05, 4.69) is 13.8 Å². The fourth-order valence-corrected chi connectivity index (χ4v) is 2.37. The van der Waals surface area contributed by atoms with Crippen molar-refractivity contribution in [2.75, 3.05) is 13.7 Å². The van der Waals surface area contributed by atoms with E-state index < -0.39 is 0 Å². The van der Waals surface area contributed by atoms with Gasteiger partial charge in [-0.2, -0.15) is 0 Å². The van der Waals surface area contributed by atoms with Crippen molar-refractivity contribution in [1.29, 1.82) is 0 Å². The van der Waals surface area contributed by atoms with Crippen molar-refractivity contribution in [2.24, 2.45) is 5.92 Å². The van der Waals surface area contributed by atoms with Crippen molar-refractivity contribution in [1.82, 2.24) is 4.90 Å². The van der Waals surface area contributed by atoms with Crippen LogP contribution in [0.2, 0.25) is 0 Å². The van der Waals surface area contributed by atoms with Crippen LogP contribution in [0.1, 0.15) is 52.4 Å². The van der Waals surface area contributed by atoms with Crippen LogP contribution in [0.3, 0.4) is 0 Å². The molecule has 1 heterocycles.